The first-order chi connectivity index (χ1) is 21.3. The molecule has 0 atom stereocenters. The average molecular weight is 552 g/mol. The van der Waals surface area contributed by atoms with Gasteiger partial charge in [-0.15, -0.1) is 0 Å². The largest absolute Gasteiger partial charge is 0.308 e. The van der Waals surface area contributed by atoms with E-state index >= 15 is 0 Å². The summed E-state index contributed by atoms with van der Waals surface area (Å²) in [6, 6.07) is 47.8. The molecule has 0 saturated heterocycles. The number of hydrogen-bond acceptors (Lipinski definition) is 4. The summed E-state index contributed by atoms with van der Waals surface area (Å²) in [6.07, 6.45) is 3.71. The normalized spacial score (nSPS) is 11.3. The fourth-order valence-electron chi connectivity index (χ4n) is 5.67. The highest BCUT2D eigenvalue weighted by atomic mass is 15.0. The molecule has 0 saturated carbocycles. The minimum Gasteiger partial charge on any atom is -0.308 e. The van der Waals surface area contributed by atoms with Crippen LogP contribution >= 0.6 is 0 Å². The van der Waals surface area contributed by atoms with Crippen molar-refractivity contribution >= 4 is 21.8 Å². The van der Waals surface area contributed by atoms with Gasteiger partial charge in [0.15, 0.2) is 17.5 Å². The standard InChI is InChI=1S/C38H25N5/c1-4-11-26(12-5-1)29-18-20-34-32(23-29)33-24-30(19-21-35(33)43(34)31-17-10-22-39-25-31)38-41-36(27-13-6-2-7-14-27)40-37(42-38)28-15-8-3-9-16-28/h1-25H. The number of hydrogen-bond donors (Lipinski definition) is 0. The van der Waals surface area contributed by atoms with E-state index in [2.05, 4.69) is 76.3 Å². The van der Waals surface area contributed by atoms with Crippen molar-refractivity contribution in [2.75, 3.05) is 0 Å². The van der Waals surface area contributed by atoms with E-state index in [0.717, 1.165) is 44.2 Å². The second-order valence-electron chi connectivity index (χ2n) is 10.4. The van der Waals surface area contributed by atoms with Crippen molar-refractivity contribution in [1.82, 2.24) is 24.5 Å². The summed E-state index contributed by atoms with van der Waals surface area (Å²) < 4.78 is 2.27. The topological polar surface area (TPSA) is 56.5 Å². The lowest BCUT2D eigenvalue weighted by Crippen LogP contribution is -2.00. The van der Waals surface area contributed by atoms with Gasteiger partial charge in [0.05, 0.1) is 22.9 Å². The van der Waals surface area contributed by atoms with Crippen molar-refractivity contribution < 1.29 is 0 Å². The van der Waals surface area contributed by atoms with E-state index in [1.54, 1.807) is 6.20 Å². The van der Waals surface area contributed by atoms with Crippen LogP contribution in [0.4, 0.5) is 0 Å². The Bertz CT molecular complexity index is 2150. The van der Waals surface area contributed by atoms with Gasteiger partial charge in [-0.25, -0.2) is 15.0 Å². The highest BCUT2D eigenvalue weighted by Crippen LogP contribution is 2.37. The van der Waals surface area contributed by atoms with E-state index in [1.807, 2.05) is 79.0 Å². The number of benzene rings is 5. The van der Waals surface area contributed by atoms with Gasteiger partial charge in [-0.1, -0.05) is 97.1 Å². The molecule has 0 unspecified atom stereocenters. The van der Waals surface area contributed by atoms with Crippen LogP contribution in [0.3, 0.4) is 0 Å². The minimum absolute atomic E-state index is 0.635. The molecule has 202 valence electrons. The molecule has 43 heavy (non-hydrogen) atoms. The summed E-state index contributed by atoms with van der Waals surface area (Å²) >= 11 is 0. The first-order valence-corrected chi connectivity index (χ1v) is 14.2. The van der Waals surface area contributed by atoms with Crippen molar-refractivity contribution in [2.45, 2.75) is 0 Å². The zero-order valence-corrected chi connectivity index (χ0v) is 23.2. The quantitative estimate of drug-likeness (QED) is 0.214. The lowest BCUT2D eigenvalue weighted by Gasteiger charge is -2.09. The van der Waals surface area contributed by atoms with Gasteiger partial charge in [0.2, 0.25) is 0 Å². The van der Waals surface area contributed by atoms with Crippen LogP contribution in [-0.4, -0.2) is 24.5 Å². The van der Waals surface area contributed by atoms with E-state index in [9.17, 15) is 0 Å². The van der Waals surface area contributed by atoms with Crippen LogP contribution in [0.25, 0.3) is 72.8 Å². The zero-order chi connectivity index (χ0) is 28.6. The van der Waals surface area contributed by atoms with Gasteiger partial charge in [-0.2, -0.15) is 0 Å². The average Bonchev–Trinajstić information content (AvgIpc) is 3.42. The predicted molar refractivity (Wildman–Crippen MR) is 174 cm³/mol. The molecule has 5 heteroatoms. The van der Waals surface area contributed by atoms with Crippen molar-refractivity contribution in [3.63, 3.8) is 0 Å². The van der Waals surface area contributed by atoms with Crippen LogP contribution in [0.15, 0.2) is 152 Å². The van der Waals surface area contributed by atoms with E-state index < -0.39 is 0 Å². The Labute approximate surface area is 248 Å². The number of fused-ring (bicyclic) bond motifs is 3. The molecule has 0 N–H and O–H groups in total. The highest BCUT2D eigenvalue weighted by molar-refractivity contribution is 6.11. The molecule has 0 aliphatic carbocycles. The Morgan fingerprint density at radius 3 is 1.42 bits per heavy atom. The van der Waals surface area contributed by atoms with Gasteiger partial charge in [0, 0.05) is 33.7 Å². The predicted octanol–water partition coefficient (Wildman–Crippen LogP) is 9.03. The molecule has 0 amide bonds. The summed E-state index contributed by atoms with van der Waals surface area (Å²) in [4.78, 5) is 19.2. The van der Waals surface area contributed by atoms with E-state index in [1.165, 1.54) is 11.1 Å². The SMILES string of the molecule is c1ccc(-c2ccc3c(c2)c2cc(-c4nc(-c5ccccc5)nc(-c5ccccc5)n4)ccc2n3-c2cccnc2)cc1. The Morgan fingerprint density at radius 1 is 0.395 bits per heavy atom. The van der Waals surface area contributed by atoms with Crippen molar-refractivity contribution in [3.05, 3.63) is 152 Å². The van der Waals surface area contributed by atoms with Gasteiger partial charge >= 0.3 is 0 Å². The minimum atomic E-state index is 0.635. The summed E-state index contributed by atoms with van der Waals surface area (Å²) in [5, 5.41) is 2.28. The summed E-state index contributed by atoms with van der Waals surface area (Å²) in [6.45, 7) is 0. The lowest BCUT2D eigenvalue weighted by atomic mass is 10.0. The van der Waals surface area contributed by atoms with Crippen LogP contribution in [0.2, 0.25) is 0 Å². The maximum atomic E-state index is 4.98. The summed E-state index contributed by atoms with van der Waals surface area (Å²) in [7, 11) is 0. The second-order valence-corrected chi connectivity index (χ2v) is 10.4. The molecular formula is C38H25N5. The Kier molecular flexibility index (Phi) is 6.05. The van der Waals surface area contributed by atoms with Crippen LogP contribution in [0, 0.1) is 0 Å². The third-order valence-corrected chi connectivity index (χ3v) is 7.73. The molecule has 5 nitrogen and oxygen atoms in total. The molecular weight excluding hydrogens is 526 g/mol. The smallest absolute Gasteiger partial charge is 0.164 e. The van der Waals surface area contributed by atoms with Crippen LogP contribution in [-0.2, 0) is 0 Å². The maximum Gasteiger partial charge on any atom is 0.164 e. The van der Waals surface area contributed by atoms with E-state index in [0.29, 0.717) is 17.5 Å². The third-order valence-electron chi connectivity index (χ3n) is 7.73. The first kappa shape index (κ1) is 24.8. The van der Waals surface area contributed by atoms with Gasteiger partial charge in [0.1, 0.15) is 0 Å². The molecule has 5 aromatic carbocycles. The van der Waals surface area contributed by atoms with Crippen LogP contribution in [0.1, 0.15) is 0 Å². The summed E-state index contributed by atoms with van der Waals surface area (Å²) in [5.41, 5.74) is 8.40. The summed E-state index contributed by atoms with van der Waals surface area (Å²) in [5.74, 6) is 1.93. The first-order valence-electron chi connectivity index (χ1n) is 14.2. The molecule has 0 radical (unpaired) electrons. The molecule has 0 fully saturated rings. The molecule has 0 aliphatic heterocycles. The van der Waals surface area contributed by atoms with Gasteiger partial charge < -0.3 is 4.57 Å². The van der Waals surface area contributed by atoms with Gasteiger partial charge in [0.25, 0.3) is 0 Å². The van der Waals surface area contributed by atoms with Crippen LogP contribution in [0.5, 0.6) is 0 Å². The van der Waals surface area contributed by atoms with Crippen molar-refractivity contribution in [3.8, 4) is 51.0 Å². The molecule has 8 aromatic rings. The Morgan fingerprint density at radius 2 is 0.884 bits per heavy atom. The van der Waals surface area contributed by atoms with Gasteiger partial charge in [-0.05, 0) is 53.6 Å². The number of rotatable bonds is 5. The monoisotopic (exact) mass is 551 g/mol. The molecule has 3 heterocycles. The second kappa shape index (κ2) is 10.5. The molecule has 3 aromatic heterocycles. The maximum absolute atomic E-state index is 4.98. The third kappa shape index (κ3) is 4.53. The zero-order valence-electron chi connectivity index (χ0n) is 23.2. The molecule has 0 spiro atoms. The molecule has 8 rings (SSSR count). The molecule has 0 aliphatic rings. The number of nitrogens with zero attached hydrogens (tertiary/aromatic N) is 5. The Hall–Kier alpha value is -5.94. The number of pyridine rings is 1. The van der Waals surface area contributed by atoms with E-state index in [4.69, 9.17) is 15.0 Å². The molecule has 0 bridgehead atoms. The van der Waals surface area contributed by atoms with Crippen LogP contribution < -0.4 is 0 Å². The van der Waals surface area contributed by atoms with Crippen molar-refractivity contribution in [1.29, 1.82) is 0 Å². The fourth-order valence-corrected chi connectivity index (χ4v) is 5.67. The van der Waals surface area contributed by atoms with Crippen molar-refractivity contribution in [2.24, 2.45) is 0 Å². The Balaban J connectivity index is 1.37. The fraction of sp³-hybridized carbons (Fsp3) is 0. The highest BCUT2D eigenvalue weighted by Gasteiger charge is 2.17. The lowest BCUT2D eigenvalue weighted by molar-refractivity contribution is 1.07. The number of aromatic nitrogens is 5. The van der Waals surface area contributed by atoms with Gasteiger partial charge in [-0.3, -0.25) is 4.98 Å². The van der Waals surface area contributed by atoms with E-state index in [-0.39, 0.29) is 0 Å².